The van der Waals surface area contributed by atoms with Gasteiger partial charge in [-0.05, 0) is 68.8 Å². The van der Waals surface area contributed by atoms with E-state index >= 15 is 0 Å². The summed E-state index contributed by atoms with van der Waals surface area (Å²) in [5, 5.41) is 0. The van der Waals surface area contributed by atoms with Crippen molar-refractivity contribution in [2.75, 3.05) is 38.6 Å². The molecule has 1 unspecified atom stereocenters. The smallest absolute Gasteiger partial charge is 0.294 e. The minimum Gasteiger partial charge on any atom is -0.459 e. The SMILES string of the molecule is CCCCCC(C)(CCN1CCC(N(C(=O)c2ccco2)c2ccc(C)cc2)CC1)CC(=O)N(C)C. The average Bonchev–Trinajstić information content (AvgIpc) is 3.40. The Morgan fingerprint density at radius 1 is 1.06 bits per heavy atom. The Kier molecular flexibility index (Phi) is 10.2. The fourth-order valence-electron chi connectivity index (χ4n) is 5.17. The van der Waals surface area contributed by atoms with E-state index in [1.807, 2.05) is 31.1 Å². The van der Waals surface area contributed by atoms with Gasteiger partial charge in [0, 0.05) is 45.3 Å². The highest BCUT2D eigenvalue weighted by Crippen LogP contribution is 2.34. The number of anilines is 1. The van der Waals surface area contributed by atoms with E-state index in [-0.39, 0.29) is 23.3 Å². The maximum Gasteiger partial charge on any atom is 0.294 e. The molecule has 1 aliphatic heterocycles. The fraction of sp³-hybridized carbons (Fsp3) is 0.600. The van der Waals surface area contributed by atoms with E-state index in [4.69, 9.17) is 4.42 Å². The quantitative estimate of drug-likeness (QED) is 0.331. The van der Waals surface area contributed by atoms with E-state index in [0.717, 1.165) is 51.0 Å². The summed E-state index contributed by atoms with van der Waals surface area (Å²) in [6.45, 7) is 9.47. The van der Waals surface area contributed by atoms with Crippen molar-refractivity contribution in [1.29, 1.82) is 0 Å². The Hall–Kier alpha value is -2.60. The van der Waals surface area contributed by atoms with Crippen LogP contribution in [0.4, 0.5) is 5.69 Å². The summed E-state index contributed by atoms with van der Waals surface area (Å²) in [6.07, 6.45) is 9.71. The minimum atomic E-state index is -0.0759. The number of unbranched alkanes of at least 4 members (excludes halogenated alkanes) is 2. The van der Waals surface area contributed by atoms with Crippen molar-refractivity contribution in [2.24, 2.45) is 5.41 Å². The Bertz CT molecular complexity index is 946. The number of nitrogens with zero attached hydrogens (tertiary/aromatic N) is 3. The maximum absolute atomic E-state index is 13.4. The Morgan fingerprint density at radius 2 is 1.75 bits per heavy atom. The number of furan rings is 1. The molecule has 0 aliphatic carbocycles. The second kappa shape index (κ2) is 13.1. The average molecular weight is 496 g/mol. The van der Waals surface area contributed by atoms with Crippen LogP contribution in [0.1, 0.15) is 81.3 Å². The molecule has 2 aromatic rings. The zero-order chi connectivity index (χ0) is 26.1. The molecule has 0 N–H and O–H groups in total. The molecule has 2 amide bonds. The van der Waals surface area contributed by atoms with Crippen molar-refractivity contribution >= 4 is 17.5 Å². The zero-order valence-corrected chi connectivity index (χ0v) is 23.0. The van der Waals surface area contributed by atoms with Gasteiger partial charge >= 0.3 is 0 Å². The van der Waals surface area contributed by atoms with Crippen LogP contribution in [0.3, 0.4) is 0 Å². The van der Waals surface area contributed by atoms with Crippen LogP contribution in [0.5, 0.6) is 0 Å². The lowest BCUT2D eigenvalue weighted by molar-refractivity contribution is -0.131. The molecule has 3 rings (SSSR count). The van der Waals surface area contributed by atoms with Crippen LogP contribution < -0.4 is 4.90 Å². The monoisotopic (exact) mass is 495 g/mol. The first-order valence-electron chi connectivity index (χ1n) is 13.6. The van der Waals surface area contributed by atoms with Gasteiger partial charge in [-0.2, -0.15) is 0 Å². The number of hydrogen-bond donors (Lipinski definition) is 0. The second-order valence-corrected chi connectivity index (χ2v) is 11.0. The van der Waals surface area contributed by atoms with Gasteiger partial charge in [-0.15, -0.1) is 0 Å². The lowest BCUT2D eigenvalue weighted by atomic mass is 9.78. The molecule has 6 heteroatoms. The highest BCUT2D eigenvalue weighted by atomic mass is 16.3. The number of aryl methyl sites for hydroxylation is 1. The van der Waals surface area contributed by atoms with Gasteiger partial charge in [-0.3, -0.25) is 9.59 Å². The number of carbonyl (C=O) groups is 2. The first kappa shape index (κ1) is 28.0. The molecule has 1 fully saturated rings. The maximum atomic E-state index is 13.4. The van der Waals surface area contributed by atoms with Gasteiger partial charge in [0.2, 0.25) is 5.91 Å². The summed E-state index contributed by atoms with van der Waals surface area (Å²) in [5.41, 5.74) is 2.12. The molecule has 1 aliphatic rings. The highest BCUT2D eigenvalue weighted by Gasteiger charge is 2.33. The number of benzene rings is 1. The highest BCUT2D eigenvalue weighted by molar-refractivity contribution is 6.04. The van der Waals surface area contributed by atoms with E-state index < -0.39 is 0 Å². The molecule has 36 heavy (non-hydrogen) atoms. The molecular formula is C30H45N3O3. The lowest BCUT2D eigenvalue weighted by Crippen LogP contribution is -2.48. The van der Waals surface area contributed by atoms with E-state index in [1.54, 1.807) is 23.3 Å². The Balaban J connectivity index is 1.63. The summed E-state index contributed by atoms with van der Waals surface area (Å²) >= 11 is 0. The lowest BCUT2D eigenvalue weighted by Gasteiger charge is -2.40. The third-order valence-corrected chi connectivity index (χ3v) is 7.68. The number of rotatable bonds is 12. The van der Waals surface area contributed by atoms with Crippen LogP contribution in [0.15, 0.2) is 47.1 Å². The molecule has 0 radical (unpaired) electrons. The van der Waals surface area contributed by atoms with Crippen molar-refractivity contribution in [3.8, 4) is 0 Å². The van der Waals surface area contributed by atoms with Crippen molar-refractivity contribution in [2.45, 2.75) is 78.2 Å². The normalized spacial score (nSPS) is 16.5. The topological polar surface area (TPSA) is 57.0 Å². The number of hydrogen-bond acceptors (Lipinski definition) is 4. The van der Waals surface area contributed by atoms with Crippen molar-refractivity contribution in [1.82, 2.24) is 9.80 Å². The van der Waals surface area contributed by atoms with E-state index in [0.29, 0.717) is 12.2 Å². The van der Waals surface area contributed by atoms with Crippen molar-refractivity contribution in [3.05, 3.63) is 54.0 Å². The number of amides is 2. The van der Waals surface area contributed by atoms with Gasteiger partial charge in [0.05, 0.1) is 6.26 Å². The van der Waals surface area contributed by atoms with Crippen molar-refractivity contribution < 1.29 is 14.0 Å². The third kappa shape index (κ3) is 7.70. The number of carbonyl (C=O) groups excluding carboxylic acids is 2. The van der Waals surface area contributed by atoms with Crippen LogP contribution in [0.2, 0.25) is 0 Å². The molecule has 2 heterocycles. The molecule has 0 saturated carbocycles. The standard InChI is InChI=1S/C30H45N3O3/c1-6-7-8-17-30(3,23-28(34)31(4)5)18-21-32-19-15-26(16-20-32)33(25-13-11-24(2)12-14-25)29(35)27-10-9-22-36-27/h9-14,22,26H,6-8,15-21,23H2,1-5H3. The molecule has 1 aromatic carbocycles. The zero-order valence-electron chi connectivity index (χ0n) is 23.0. The first-order valence-corrected chi connectivity index (χ1v) is 13.6. The van der Waals surface area contributed by atoms with Gasteiger partial charge in [-0.25, -0.2) is 0 Å². The van der Waals surface area contributed by atoms with Gasteiger partial charge in [-0.1, -0.05) is 50.8 Å². The van der Waals surface area contributed by atoms with Crippen LogP contribution >= 0.6 is 0 Å². The molecule has 1 saturated heterocycles. The molecule has 198 valence electrons. The summed E-state index contributed by atoms with van der Waals surface area (Å²) in [7, 11) is 3.70. The fourth-order valence-corrected chi connectivity index (χ4v) is 5.17. The van der Waals surface area contributed by atoms with Gasteiger partial charge in [0.25, 0.3) is 5.91 Å². The summed E-state index contributed by atoms with van der Waals surface area (Å²) in [5.74, 6) is 0.525. The Morgan fingerprint density at radius 3 is 2.33 bits per heavy atom. The summed E-state index contributed by atoms with van der Waals surface area (Å²) < 4.78 is 5.47. The summed E-state index contributed by atoms with van der Waals surface area (Å²) in [6, 6.07) is 11.8. The van der Waals surface area contributed by atoms with E-state index in [9.17, 15) is 9.59 Å². The van der Waals surface area contributed by atoms with Crippen LogP contribution in [-0.2, 0) is 4.79 Å². The third-order valence-electron chi connectivity index (χ3n) is 7.68. The van der Waals surface area contributed by atoms with Crippen LogP contribution in [0, 0.1) is 12.3 Å². The molecular weight excluding hydrogens is 450 g/mol. The van der Waals surface area contributed by atoms with Crippen LogP contribution in [-0.4, -0.2) is 61.4 Å². The predicted molar refractivity (Wildman–Crippen MR) is 146 cm³/mol. The second-order valence-electron chi connectivity index (χ2n) is 11.0. The largest absolute Gasteiger partial charge is 0.459 e. The molecule has 6 nitrogen and oxygen atoms in total. The summed E-state index contributed by atoms with van der Waals surface area (Å²) in [4.78, 5) is 32.1. The Labute approximate surface area is 217 Å². The molecule has 0 bridgehead atoms. The van der Waals surface area contributed by atoms with Crippen LogP contribution in [0.25, 0.3) is 0 Å². The van der Waals surface area contributed by atoms with E-state index in [2.05, 4.69) is 37.8 Å². The number of likely N-dealkylation sites (tertiary alicyclic amines) is 1. The van der Waals surface area contributed by atoms with E-state index in [1.165, 1.54) is 24.8 Å². The minimum absolute atomic E-state index is 0.0244. The molecule has 1 atom stereocenters. The molecule has 0 spiro atoms. The van der Waals surface area contributed by atoms with Gasteiger partial charge in [0.15, 0.2) is 5.76 Å². The van der Waals surface area contributed by atoms with Crippen molar-refractivity contribution in [3.63, 3.8) is 0 Å². The first-order chi connectivity index (χ1) is 17.2. The number of piperidine rings is 1. The van der Waals surface area contributed by atoms with Gasteiger partial charge in [0.1, 0.15) is 0 Å². The molecule has 1 aromatic heterocycles. The van der Waals surface area contributed by atoms with Gasteiger partial charge < -0.3 is 19.1 Å². The predicted octanol–water partition coefficient (Wildman–Crippen LogP) is 6.15.